The van der Waals surface area contributed by atoms with Gasteiger partial charge < -0.3 is 20.1 Å². The molecule has 1 aliphatic heterocycles. The minimum atomic E-state index is -0.765. The third-order valence-corrected chi connectivity index (χ3v) is 3.76. The van der Waals surface area contributed by atoms with Crippen LogP contribution < -0.4 is 5.32 Å². The zero-order valence-corrected chi connectivity index (χ0v) is 14.8. The van der Waals surface area contributed by atoms with Gasteiger partial charge in [-0.2, -0.15) is 0 Å². The van der Waals surface area contributed by atoms with Crippen LogP contribution in [0.1, 0.15) is 40.5 Å². The fourth-order valence-electron chi connectivity index (χ4n) is 2.65. The molecule has 0 spiro atoms. The van der Waals surface area contributed by atoms with E-state index in [0.29, 0.717) is 6.54 Å². The van der Waals surface area contributed by atoms with E-state index in [0.717, 1.165) is 39.0 Å². The maximum Gasteiger partial charge on any atom is 0.407 e. The number of alkyl carbamates (subject to hydrolysis) is 1. The first-order valence-electron chi connectivity index (χ1n) is 8.32. The molecule has 1 aliphatic rings. The second kappa shape index (κ2) is 9.08. The van der Waals surface area contributed by atoms with Gasteiger partial charge in [-0.1, -0.05) is 0 Å². The maximum absolute atomic E-state index is 11.5. The zero-order chi connectivity index (χ0) is 17.5. The summed E-state index contributed by atoms with van der Waals surface area (Å²) in [4.78, 5) is 26.6. The Hall–Kier alpha value is -1.34. The highest BCUT2D eigenvalue weighted by molar-refractivity contribution is 5.69. The summed E-state index contributed by atoms with van der Waals surface area (Å²) in [6.07, 6.45) is 1.54. The van der Waals surface area contributed by atoms with Gasteiger partial charge >= 0.3 is 12.1 Å². The zero-order valence-electron chi connectivity index (χ0n) is 14.8. The average molecular weight is 329 g/mol. The van der Waals surface area contributed by atoms with Gasteiger partial charge in [0.15, 0.2) is 0 Å². The normalized spacial score (nSPS) is 20.3. The van der Waals surface area contributed by atoms with Gasteiger partial charge in [0, 0.05) is 32.2 Å². The Morgan fingerprint density at radius 2 is 1.96 bits per heavy atom. The predicted molar refractivity (Wildman–Crippen MR) is 88.6 cm³/mol. The largest absolute Gasteiger partial charge is 0.480 e. The lowest BCUT2D eigenvalue weighted by Gasteiger charge is -2.39. The van der Waals surface area contributed by atoms with Crippen LogP contribution in [0.5, 0.6) is 0 Å². The van der Waals surface area contributed by atoms with Crippen LogP contribution in [0.25, 0.3) is 0 Å². The van der Waals surface area contributed by atoms with Gasteiger partial charge in [-0.3, -0.25) is 9.69 Å². The Kier molecular flexibility index (Phi) is 7.78. The molecule has 2 N–H and O–H groups in total. The van der Waals surface area contributed by atoms with Crippen LogP contribution in [0, 0.1) is 0 Å². The lowest BCUT2D eigenvalue weighted by Crippen LogP contribution is -2.53. The molecule has 134 valence electrons. The summed E-state index contributed by atoms with van der Waals surface area (Å²) >= 11 is 0. The molecule has 1 fully saturated rings. The standard InChI is InChI=1S/C16H31N3O4/c1-13-11-18(9-10-19(13)12-14(20)21)8-6-5-7-17-15(22)23-16(2,3)4/h13H,5-12H2,1-4H3,(H,17,22)(H,20,21)/t13-/m1/s1. The minimum absolute atomic E-state index is 0.120. The number of aliphatic carboxylic acids is 1. The second-order valence-electron chi connectivity index (χ2n) is 7.15. The van der Waals surface area contributed by atoms with Crippen molar-refractivity contribution in [3.8, 4) is 0 Å². The molecule has 0 aromatic carbocycles. The van der Waals surface area contributed by atoms with E-state index in [2.05, 4.69) is 17.1 Å². The van der Waals surface area contributed by atoms with Crippen LogP contribution in [0.3, 0.4) is 0 Å². The van der Waals surface area contributed by atoms with E-state index in [1.807, 2.05) is 25.7 Å². The van der Waals surface area contributed by atoms with Crippen molar-refractivity contribution in [3.05, 3.63) is 0 Å². The molecule has 0 saturated carbocycles. The van der Waals surface area contributed by atoms with Crippen molar-refractivity contribution in [3.63, 3.8) is 0 Å². The molecular weight excluding hydrogens is 298 g/mol. The highest BCUT2D eigenvalue weighted by atomic mass is 16.6. The highest BCUT2D eigenvalue weighted by Gasteiger charge is 2.24. The Labute approximate surface area is 139 Å². The third kappa shape index (κ3) is 8.76. The number of carbonyl (C=O) groups is 2. The molecule has 1 atom stereocenters. The monoisotopic (exact) mass is 329 g/mol. The Morgan fingerprint density at radius 3 is 2.52 bits per heavy atom. The smallest absolute Gasteiger partial charge is 0.407 e. The van der Waals surface area contributed by atoms with E-state index in [1.165, 1.54) is 0 Å². The molecule has 23 heavy (non-hydrogen) atoms. The van der Waals surface area contributed by atoms with Crippen molar-refractivity contribution in [2.45, 2.75) is 52.2 Å². The molecule has 7 nitrogen and oxygen atoms in total. The molecule has 0 unspecified atom stereocenters. The Bertz CT molecular complexity index is 395. The number of hydrogen-bond donors (Lipinski definition) is 2. The molecule has 1 amide bonds. The number of carboxylic acids is 1. The fourth-order valence-corrected chi connectivity index (χ4v) is 2.65. The molecule has 1 heterocycles. The van der Waals surface area contributed by atoms with Crippen LogP contribution in [0.2, 0.25) is 0 Å². The molecule has 0 radical (unpaired) electrons. The number of nitrogens with one attached hydrogen (secondary N) is 1. The summed E-state index contributed by atoms with van der Waals surface area (Å²) in [5.41, 5.74) is -0.462. The lowest BCUT2D eigenvalue weighted by atomic mass is 10.1. The SMILES string of the molecule is C[C@@H]1CN(CCCCNC(=O)OC(C)(C)C)CCN1CC(=O)O. The van der Waals surface area contributed by atoms with Crippen molar-refractivity contribution in [1.82, 2.24) is 15.1 Å². The van der Waals surface area contributed by atoms with Crippen LogP contribution >= 0.6 is 0 Å². The number of hydrogen-bond acceptors (Lipinski definition) is 5. The van der Waals surface area contributed by atoms with Crippen molar-refractivity contribution in [2.75, 3.05) is 39.3 Å². The van der Waals surface area contributed by atoms with E-state index in [-0.39, 0.29) is 18.7 Å². The topological polar surface area (TPSA) is 82.1 Å². The van der Waals surface area contributed by atoms with E-state index < -0.39 is 11.6 Å². The van der Waals surface area contributed by atoms with E-state index in [4.69, 9.17) is 9.84 Å². The molecule has 0 aromatic heterocycles. The number of ether oxygens (including phenoxy) is 1. The summed E-state index contributed by atoms with van der Waals surface area (Å²) in [6.45, 7) is 11.9. The van der Waals surface area contributed by atoms with Crippen LogP contribution in [0.15, 0.2) is 0 Å². The molecule has 0 aromatic rings. The summed E-state index contributed by atoms with van der Waals surface area (Å²) in [5.74, 6) is -0.765. The van der Waals surface area contributed by atoms with Crippen molar-refractivity contribution in [1.29, 1.82) is 0 Å². The van der Waals surface area contributed by atoms with Gasteiger partial charge in [0.2, 0.25) is 0 Å². The van der Waals surface area contributed by atoms with Crippen LogP contribution in [0.4, 0.5) is 4.79 Å². The predicted octanol–water partition coefficient (Wildman–Crippen LogP) is 1.38. The number of unbranched alkanes of at least 4 members (excludes halogenated alkanes) is 1. The Balaban J connectivity index is 2.11. The summed E-state index contributed by atoms with van der Waals surface area (Å²) < 4.78 is 5.18. The summed E-state index contributed by atoms with van der Waals surface area (Å²) in [6, 6.07) is 0.264. The molecule has 0 aliphatic carbocycles. The molecular formula is C16H31N3O4. The average Bonchev–Trinajstić information content (AvgIpc) is 2.39. The number of carbonyl (C=O) groups excluding carboxylic acids is 1. The first-order valence-corrected chi connectivity index (χ1v) is 8.32. The number of rotatable bonds is 7. The van der Waals surface area contributed by atoms with Gasteiger partial charge in [0.05, 0.1) is 6.54 Å². The number of piperazine rings is 1. The Morgan fingerprint density at radius 1 is 1.26 bits per heavy atom. The lowest BCUT2D eigenvalue weighted by molar-refractivity contribution is -0.139. The van der Waals surface area contributed by atoms with Crippen molar-refractivity contribution < 1.29 is 19.4 Å². The molecule has 1 saturated heterocycles. The van der Waals surface area contributed by atoms with Gasteiger partial charge in [-0.15, -0.1) is 0 Å². The maximum atomic E-state index is 11.5. The third-order valence-electron chi connectivity index (χ3n) is 3.76. The molecule has 0 bridgehead atoms. The number of carboxylic acid groups (broad SMARTS) is 1. The quantitative estimate of drug-likeness (QED) is 0.687. The van der Waals surface area contributed by atoms with Crippen molar-refractivity contribution in [2.24, 2.45) is 0 Å². The van der Waals surface area contributed by atoms with Crippen LogP contribution in [-0.4, -0.2) is 77.9 Å². The minimum Gasteiger partial charge on any atom is -0.480 e. The highest BCUT2D eigenvalue weighted by Crippen LogP contribution is 2.10. The summed E-state index contributed by atoms with van der Waals surface area (Å²) in [5, 5.41) is 11.6. The summed E-state index contributed by atoms with van der Waals surface area (Å²) in [7, 11) is 0. The van der Waals surface area contributed by atoms with Gasteiger partial charge in [0.1, 0.15) is 5.60 Å². The van der Waals surface area contributed by atoms with Gasteiger partial charge in [0.25, 0.3) is 0 Å². The van der Waals surface area contributed by atoms with E-state index in [1.54, 1.807) is 0 Å². The number of amides is 1. The first-order chi connectivity index (χ1) is 10.7. The van der Waals surface area contributed by atoms with Gasteiger partial charge in [-0.25, -0.2) is 4.79 Å². The molecule has 1 rings (SSSR count). The van der Waals surface area contributed by atoms with Gasteiger partial charge in [-0.05, 0) is 47.1 Å². The fraction of sp³-hybridized carbons (Fsp3) is 0.875. The number of nitrogens with zero attached hydrogens (tertiary/aromatic N) is 2. The second-order valence-corrected chi connectivity index (χ2v) is 7.15. The van der Waals surface area contributed by atoms with Crippen LogP contribution in [-0.2, 0) is 9.53 Å². The van der Waals surface area contributed by atoms with Crippen molar-refractivity contribution >= 4 is 12.1 Å². The first kappa shape index (κ1) is 19.7. The van der Waals surface area contributed by atoms with E-state index >= 15 is 0 Å². The van der Waals surface area contributed by atoms with E-state index in [9.17, 15) is 9.59 Å². The molecule has 7 heteroatoms.